The summed E-state index contributed by atoms with van der Waals surface area (Å²) in [5.74, 6) is 0. The Morgan fingerprint density at radius 3 is 2.18 bits per heavy atom. The fraction of sp³-hybridized carbons (Fsp3) is 0.700. The van der Waals surface area contributed by atoms with Gasteiger partial charge < -0.3 is 4.79 Å². The molecule has 0 aliphatic carbocycles. The molecule has 1 nitrogen and oxygen atoms in total. The van der Waals surface area contributed by atoms with Crippen LogP contribution in [0.3, 0.4) is 0 Å². The molecule has 0 aromatic heterocycles. The Hall–Kier alpha value is -0.590. The van der Waals surface area contributed by atoms with Crippen molar-refractivity contribution in [1.82, 2.24) is 0 Å². The molecule has 0 spiro atoms. The van der Waals surface area contributed by atoms with Crippen molar-refractivity contribution in [2.45, 2.75) is 45.4 Å². The van der Waals surface area contributed by atoms with E-state index in [1.54, 1.807) is 0 Å². The molecule has 0 bridgehead atoms. The number of hydrogen-bond donors (Lipinski definition) is 0. The molecule has 0 unspecified atom stereocenters. The van der Waals surface area contributed by atoms with Crippen molar-refractivity contribution in [2.24, 2.45) is 0 Å². The molecule has 0 saturated carbocycles. The van der Waals surface area contributed by atoms with Gasteiger partial charge in [0.05, 0.1) is 0 Å². The lowest BCUT2D eigenvalue weighted by Gasteiger charge is -1.94. The predicted octanol–water partition coefficient (Wildman–Crippen LogP) is 3.10. The predicted molar refractivity (Wildman–Crippen MR) is 48.6 cm³/mol. The van der Waals surface area contributed by atoms with Crippen LogP contribution in [0.5, 0.6) is 0 Å². The van der Waals surface area contributed by atoms with E-state index in [0.717, 1.165) is 19.1 Å². The van der Waals surface area contributed by atoms with E-state index in [1.165, 1.54) is 25.7 Å². The third-order valence-corrected chi connectivity index (χ3v) is 1.68. The van der Waals surface area contributed by atoms with E-state index in [4.69, 9.17) is 0 Å². The zero-order valence-corrected chi connectivity index (χ0v) is 7.38. The molecule has 0 aromatic rings. The smallest absolute Gasteiger partial charge is 0.119 e. The summed E-state index contributed by atoms with van der Waals surface area (Å²) in [7, 11) is 0. The minimum absolute atomic E-state index is 0.740. The van der Waals surface area contributed by atoms with Crippen LogP contribution in [0.4, 0.5) is 0 Å². The number of unbranched alkanes of at least 4 members (excludes halogenated alkanes) is 5. The van der Waals surface area contributed by atoms with Gasteiger partial charge in [-0.15, -0.1) is 0 Å². The highest BCUT2D eigenvalue weighted by atomic mass is 16.1. The van der Waals surface area contributed by atoms with Crippen LogP contribution < -0.4 is 0 Å². The van der Waals surface area contributed by atoms with Gasteiger partial charge in [0.1, 0.15) is 6.29 Å². The average molecular weight is 154 g/mol. The van der Waals surface area contributed by atoms with Gasteiger partial charge in [-0.05, 0) is 26.2 Å². The highest BCUT2D eigenvalue weighted by molar-refractivity contribution is 5.48. The maximum absolute atomic E-state index is 9.93. The van der Waals surface area contributed by atoms with Crippen LogP contribution in [0.2, 0.25) is 0 Å². The van der Waals surface area contributed by atoms with Gasteiger partial charge in [-0.1, -0.05) is 25.0 Å². The molecule has 0 rings (SSSR count). The minimum Gasteiger partial charge on any atom is -0.303 e. The molecular weight excluding hydrogens is 136 g/mol. The first-order chi connectivity index (χ1) is 5.41. The first-order valence-corrected chi connectivity index (χ1v) is 4.46. The maximum atomic E-state index is 9.93. The second kappa shape index (κ2) is 9.41. The van der Waals surface area contributed by atoms with E-state index >= 15 is 0 Å². The van der Waals surface area contributed by atoms with Gasteiger partial charge in [-0.2, -0.15) is 0 Å². The zero-order chi connectivity index (χ0) is 8.36. The molecule has 64 valence electrons. The van der Waals surface area contributed by atoms with Gasteiger partial charge in [0.15, 0.2) is 0 Å². The number of allylic oxidation sites excluding steroid dienone is 2. The average Bonchev–Trinajstić information content (AvgIpc) is 2.03. The minimum atomic E-state index is 0.740. The summed E-state index contributed by atoms with van der Waals surface area (Å²) >= 11 is 0. The van der Waals surface area contributed by atoms with E-state index in [2.05, 4.69) is 12.2 Å². The lowest BCUT2D eigenvalue weighted by molar-refractivity contribution is -0.107. The summed E-state index contributed by atoms with van der Waals surface area (Å²) in [5, 5.41) is 0. The largest absolute Gasteiger partial charge is 0.303 e. The molecule has 0 amide bonds. The summed E-state index contributed by atoms with van der Waals surface area (Å²) in [5.41, 5.74) is 0. The summed E-state index contributed by atoms with van der Waals surface area (Å²) in [6.45, 7) is 2.05. The summed E-state index contributed by atoms with van der Waals surface area (Å²) in [6, 6.07) is 0. The molecule has 0 aliphatic rings. The number of carbonyl (C=O) groups excluding carboxylic acids is 1. The number of aldehydes is 1. The van der Waals surface area contributed by atoms with Crippen molar-refractivity contribution in [3.05, 3.63) is 12.2 Å². The Morgan fingerprint density at radius 1 is 1.00 bits per heavy atom. The molecule has 0 N–H and O–H groups in total. The maximum Gasteiger partial charge on any atom is 0.119 e. The number of rotatable bonds is 7. The van der Waals surface area contributed by atoms with Crippen LogP contribution in [0.1, 0.15) is 45.4 Å². The van der Waals surface area contributed by atoms with Crippen molar-refractivity contribution in [1.29, 1.82) is 0 Å². The van der Waals surface area contributed by atoms with Gasteiger partial charge >= 0.3 is 0 Å². The Labute approximate surface area is 69.5 Å². The third kappa shape index (κ3) is 9.41. The van der Waals surface area contributed by atoms with Crippen LogP contribution in [0, 0.1) is 0 Å². The quantitative estimate of drug-likeness (QED) is 0.313. The van der Waals surface area contributed by atoms with Gasteiger partial charge in [-0.25, -0.2) is 0 Å². The summed E-state index contributed by atoms with van der Waals surface area (Å²) in [6.07, 6.45) is 12.0. The van der Waals surface area contributed by atoms with Crippen molar-refractivity contribution in [3.63, 3.8) is 0 Å². The van der Waals surface area contributed by atoms with Crippen molar-refractivity contribution in [3.8, 4) is 0 Å². The fourth-order valence-corrected chi connectivity index (χ4v) is 1.01. The molecule has 1 heteroatoms. The molecule has 0 aromatic carbocycles. The lowest BCUT2D eigenvalue weighted by atomic mass is 10.1. The van der Waals surface area contributed by atoms with E-state index in [9.17, 15) is 4.79 Å². The topological polar surface area (TPSA) is 17.1 Å². The molecule has 11 heavy (non-hydrogen) atoms. The van der Waals surface area contributed by atoms with Gasteiger partial charge in [0.2, 0.25) is 0 Å². The Morgan fingerprint density at radius 2 is 1.64 bits per heavy atom. The molecule has 0 radical (unpaired) electrons. The van der Waals surface area contributed by atoms with Gasteiger partial charge in [0.25, 0.3) is 0 Å². The molecule has 0 atom stereocenters. The van der Waals surface area contributed by atoms with E-state index < -0.39 is 0 Å². The van der Waals surface area contributed by atoms with Gasteiger partial charge in [0, 0.05) is 6.42 Å². The monoisotopic (exact) mass is 154 g/mol. The molecule has 0 fully saturated rings. The zero-order valence-electron chi connectivity index (χ0n) is 7.38. The van der Waals surface area contributed by atoms with Crippen molar-refractivity contribution >= 4 is 6.29 Å². The highest BCUT2D eigenvalue weighted by Crippen LogP contribution is 2.04. The van der Waals surface area contributed by atoms with Crippen LogP contribution in [-0.2, 0) is 4.79 Å². The first kappa shape index (κ1) is 10.4. The third-order valence-electron chi connectivity index (χ3n) is 1.68. The van der Waals surface area contributed by atoms with Crippen LogP contribution in [0.25, 0.3) is 0 Å². The first-order valence-electron chi connectivity index (χ1n) is 4.46. The fourth-order valence-electron chi connectivity index (χ4n) is 1.01. The molecule has 0 aliphatic heterocycles. The molecule has 0 saturated heterocycles. The second-order valence-corrected chi connectivity index (χ2v) is 2.73. The lowest BCUT2D eigenvalue weighted by Crippen LogP contribution is -1.78. The van der Waals surface area contributed by atoms with E-state index in [-0.39, 0.29) is 0 Å². The van der Waals surface area contributed by atoms with E-state index in [0.29, 0.717) is 0 Å². The van der Waals surface area contributed by atoms with Crippen LogP contribution in [0.15, 0.2) is 12.2 Å². The van der Waals surface area contributed by atoms with E-state index in [1.807, 2.05) is 6.92 Å². The Kier molecular flexibility index (Phi) is 8.91. The molecule has 0 heterocycles. The highest BCUT2D eigenvalue weighted by Gasteiger charge is 1.87. The molecular formula is C10H18O. The number of carbonyl (C=O) groups is 1. The SMILES string of the molecule is C/C=C/CCCCCCC=O. The normalized spacial score (nSPS) is 10.6. The second-order valence-electron chi connectivity index (χ2n) is 2.73. The Bertz CT molecular complexity index is 105. The number of hydrogen-bond acceptors (Lipinski definition) is 1. The van der Waals surface area contributed by atoms with Crippen LogP contribution >= 0.6 is 0 Å². The summed E-state index contributed by atoms with van der Waals surface area (Å²) < 4.78 is 0. The Balaban J connectivity index is 2.84. The van der Waals surface area contributed by atoms with Gasteiger partial charge in [-0.3, -0.25) is 0 Å². The van der Waals surface area contributed by atoms with Crippen molar-refractivity contribution in [2.75, 3.05) is 0 Å². The van der Waals surface area contributed by atoms with Crippen LogP contribution in [-0.4, -0.2) is 6.29 Å². The summed E-state index contributed by atoms with van der Waals surface area (Å²) in [4.78, 5) is 9.93. The standard InChI is InChI=1S/C10H18O/c1-2-3-4-5-6-7-8-9-10-11/h2-3,10H,4-9H2,1H3/b3-2+. The van der Waals surface area contributed by atoms with Crippen molar-refractivity contribution < 1.29 is 4.79 Å².